The number of esters is 1. The molecule has 0 aliphatic heterocycles. The Hall–Kier alpha value is -2.05. The highest BCUT2D eigenvalue weighted by Crippen LogP contribution is 1.98. The lowest BCUT2D eigenvalue weighted by molar-refractivity contribution is -0.138. The Morgan fingerprint density at radius 3 is 2.24 bits per heavy atom. The second kappa shape index (κ2) is 10.7. The van der Waals surface area contributed by atoms with Gasteiger partial charge in [-0.15, -0.1) is 0 Å². The third kappa shape index (κ3) is 9.48. The van der Waals surface area contributed by atoms with Crippen LogP contribution < -0.4 is 10.6 Å². The van der Waals surface area contributed by atoms with Crippen LogP contribution in [-0.2, 0) is 19.1 Å². The van der Waals surface area contributed by atoms with E-state index in [1.54, 1.807) is 0 Å². The highest BCUT2D eigenvalue weighted by molar-refractivity contribution is 5.86. The molecule has 0 fully saturated rings. The van der Waals surface area contributed by atoms with Crippen molar-refractivity contribution in [3.63, 3.8) is 0 Å². The lowest BCUT2D eigenvalue weighted by Gasteiger charge is -2.10. The third-order valence-corrected chi connectivity index (χ3v) is 2.65. The quantitative estimate of drug-likeness (QED) is 0.376. The molecule has 1 unspecified atom stereocenters. The first-order chi connectivity index (χ1) is 9.88. The molecule has 0 radical (unpaired) electrons. The summed E-state index contributed by atoms with van der Waals surface area (Å²) in [7, 11) is 0. The van der Waals surface area contributed by atoms with Crippen molar-refractivity contribution in [2.75, 3.05) is 26.3 Å². The standard InChI is InChI=1S/C14H24N2O5/c1-5-11(4)12(17)15-6-9-21-14(19)16-7-8-20-13(18)10(2)3/h11H,2,5-9H2,1,3-4H3,(H,15,17)(H,16,19). The van der Waals surface area contributed by atoms with Gasteiger partial charge in [-0.25, -0.2) is 9.59 Å². The maximum atomic E-state index is 11.4. The van der Waals surface area contributed by atoms with E-state index < -0.39 is 12.1 Å². The highest BCUT2D eigenvalue weighted by atomic mass is 16.6. The summed E-state index contributed by atoms with van der Waals surface area (Å²) in [5.41, 5.74) is 0.301. The van der Waals surface area contributed by atoms with Crippen molar-refractivity contribution in [1.82, 2.24) is 10.6 Å². The van der Waals surface area contributed by atoms with Crippen molar-refractivity contribution in [3.8, 4) is 0 Å². The third-order valence-electron chi connectivity index (χ3n) is 2.65. The number of carbonyl (C=O) groups excluding carboxylic acids is 3. The molecule has 7 heteroatoms. The topological polar surface area (TPSA) is 93.7 Å². The first-order valence-electron chi connectivity index (χ1n) is 6.89. The van der Waals surface area contributed by atoms with E-state index in [9.17, 15) is 14.4 Å². The zero-order chi connectivity index (χ0) is 16.3. The van der Waals surface area contributed by atoms with Gasteiger partial charge in [0.25, 0.3) is 0 Å². The zero-order valence-corrected chi connectivity index (χ0v) is 12.9. The SMILES string of the molecule is C=C(C)C(=O)OCCNC(=O)OCCNC(=O)C(C)CC. The summed E-state index contributed by atoms with van der Waals surface area (Å²) in [4.78, 5) is 33.7. The van der Waals surface area contributed by atoms with E-state index in [0.29, 0.717) is 5.57 Å². The van der Waals surface area contributed by atoms with Crippen LogP contribution in [-0.4, -0.2) is 44.3 Å². The van der Waals surface area contributed by atoms with Crippen molar-refractivity contribution in [2.24, 2.45) is 5.92 Å². The summed E-state index contributed by atoms with van der Waals surface area (Å²) in [5, 5.41) is 5.08. The molecule has 120 valence electrons. The Morgan fingerprint density at radius 2 is 1.67 bits per heavy atom. The lowest BCUT2D eigenvalue weighted by Crippen LogP contribution is -2.34. The minimum Gasteiger partial charge on any atom is -0.460 e. The molecule has 0 saturated heterocycles. The number of hydrogen-bond donors (Lipinski definition) is 2. The minimum atomic E-state index is -0.626. The predicted octanol–water partition coefficient (Wildman–Crippen LogP) is 0.994. The van der Waals surface area contributed by atoms with Crippen molar-refractivity contribution >= 4 is 18.0 Å². The van der Waals surface area contributed by atoms with Gasteiger partial charge < -0.3 is 20.1 Å². The molecule has 0 heterocycles. The molecule has 2 amide bonds. The van der Waals surface area contributed by atoms with Gasteiger partial charge in [-0.05, 0) is 13.3 Å². The molecule has 0 bridgehead atoms. The van der Waals surface area contributed by atoms with E-state index in [-0.39, 0.29) is 38.1 Å². The molecule has 2 N–H and O–H groups in total. The van der Waals surface area contributed by atoms with Crippen LogP contribution in [0.4, 0.5) is 4.79 Å². The van der Waals surface area contributed by atoms with Gasteiger partial charge in [-0.3, -0.25) is 4.79 Å². The maximum Gasteiger partial charge on any atom is 0.407 e. The van der Waals surface area contributed by atoms with Gasteiger partial charge in [-0.2, -0.15) is 0 Å². The van der Waals surface area contributed by atoms with Crippen LogP contribution in [0.1, 0.15) is 27.2 Å². The first kappa shape index (κ1) is 18.9. The van der Waals surface area contributed by atoms with Gasteiger partial charge in [-0.1, -0.05) is 20.4 Å². The largest absolute Gasteiger partial charge is 0.460 e. The number of rotatable bonds is 9. The van der Waals surface area contributed by atoms with Gasteiger partial charge in [0.15, 0.2) is 0 Å². The molecule has 0 aromatic heterocycles. The molecular formula is C14H24N2O5. The smallest absolute Gasteiger partial charge is 0.407 e. The second-order valence-corrected chi connectivity index (χ2v) is 4.58. The summed E-state index contributed by atoms with van der Waals surface area (Å²) in [6, 6.07) is 0. The van der Waals surface area contributed by atoms with Crippen molar-refractivity contribution < 1.29 is 23.9 Å². The van der Waals surface area contributed by atoms with E-state index in [0.717, 1.165) is 6.42 Å². The number of amides is 2. The Morgan fingerprint density at radius 1 is 1.10 bits per heavy atom. The first-order valence-corrected chi connectivity index (χ1v) is 6.89. The molecule has 0 spiro atoms. The van der Waals surface area contributed by atoms with Crippen LogP contribution in [0, 0.1) is 5.92 Å². The van der Waals surface area contributed by atoms with E-state index in [1.165, 1.54) is 6.92 Å². The fourth-order valence-corrected chi connectivity index (χ4v) is 1.15. The van der Waals surface area contributed by atoms with Crippen molar-refractivity contribution in [3.05, 3.63) is 12.2 Å². The van der Waals surface area contributed by atoms with Gasteiger partial charge in [0.2, 0.25) is 5.91 Å². The molecule has 0 aromatic carbocycles. The number of ether oxygens (including phenoxy) is 2. The van der Waals surface area contributed by atoms with Crippen LogP contribution in [0.25, 0.3) is 0 Å². The van der Waals surface area contributed by atoms with Crippen LogP contribution >= 0.6 is 0 Å². The number of hydrogen-bond acceptors (Lipinski definition) is 5. The van der Waals surface area contributed by atoms with Crippen LogP contribution in [0.2, 0.25) is 0 Å². The maximum absolute atomic E-state index is 11.4. The fourth-order valence-electron chi connectivity index (χ4n) is 1.15. The molecule has 7 nitrogen and oxygen atoms in total. The average molecular weight is 300 g/mol. The fraction of sp³-hybridized carbons (Fsp3) is 0.643. The van der Waals surface area contributed by atoms with E-state index in [2.05, 4.69) is 17.2 Å². The van der Waals surface area contributed by atoms with Crippen LogP contribution in [0.5, 0.6) is 0 Å². The molecule has 0 aliphatic rings. The molecule has 0 aliphatic carbocycles. The van der Waals surface area contributed by atoms with Crippen LogP contribution in [0.15, 0.2) is 12.2 Å². The molecular weight excluding hydrogens is 276 g/mol. The second-order valence-electron chi connectivity index (χ2n) is 4.58. The molecule has 0 saturated carbocycles. The number of alkyl carbamates (subject to hydrolysis) is 1. The molecule has 1 atom stereocenters. The van der Waals surface area contributed by atoms with Gasteiger partial charge in [0, 0.05) is 11.5 Å². The van der Waals surface area contributed by atoms with Gasteiger partial charge in [0.1, 0.15) is 13.2 Å². The van der Waals surface area contributed by atoms with Crippen LogP contribution in [0.3, 0.4) is 0 Å². The number of carbonyl (C=O) groups is 3. The Bertz CT molecular complexity index is 382. The zero-order valence-electron chi connectivity index (χ0n) is 12.9. The lowest BCUT2D eigenvalue weighted by atomic mass is 10.1. The molecule has 0 aromatic rings. The monoisotopic (exact) mass is 300 g/mol. The van der Waals surface area contributed by atoms with Gasteiger partial charge in [0.05, 0.1) is 13.1 Å². The summed E-state index contributed by atoms with van der Waals surface area (Å²) in [5.74, 6) is -0.618. The van der Waals surface area contributed by atoms with Crippen molar-refractivity contribution in [1.29, 1.82) is 0 Å². The normalized spacial score (nSPS) is 11.2. The Labute approximate surface area is 125 Å². The molecule has 21 heavy (non-hydrogen) atoms. The number of nitrogens with one attached hydrogen (secondary N) is 2. The summed E-state index contributed by atoms with van der Waals surface area (Å²) in [6.45, 7) is 9.27. The molecule has 0 rings (SSSR count). The predicted molar refractivity (Wildman–Crippen MR) is 77.6 cm³/mol. The van der Waals surface area contributed by atoms with Crippen molar-refractivity contribution in [2.45, 2.75) is 27.2 Å². The van der Waals surface area contributed by atoms with E-state index in [1.807, 2.05) is 13.8 Å². The van der Waals surface area contributed by atoms with Gasteiger partial charge >= 0.3 is 12.1 Å². The Kier molecular flexibility index (Phi) is 9.66. The highest BCUT2D eigenvalue weighted by Gasteiger charge is 2.09. The van der Waals surface area contributed by atoms with E-state index in [4.69, 9.17) is 9.47 Å². The minimum absolute atomic E-state index is 0.0472. The summed E-state index contributed by atoms with van der Waals surface area (Å²) >= 11 is 0. The van der Waals surface area contributed by atoms with E-state index >= 15 is 0 Å². The summed E-state index contributed by atoms with van der Waals surface area (Å²) in [6.07, 6.45) is 0.134. The Balaban J connectivity index is 3.57. The average Bonchev–Trinajstić information content (AvgIpc) is 2.46. The summed E-state index contributed by atoms with van der Waals surface area (Å²) < 4.78 is 9.62.